The number of thiazole rings is 1. The maximum atomic E-state index is 13.0. The molecule has 2 aliphatic rings. The average Bonchev–Trinajstić information content (AvgIpc) is 3.34. The van der Waals surface area contributed by atoms with Crippen molar-refractivity contribution in [3.63, 3.8) is 0 Å². The van der Waals surface area contributed by atoms with Crippen LogP contribution >= 0.6 is 22.9 Å². The van der Waals surface area contributed by atoms with Crippen molar-refractivity contribution in [1.29, 1.82) is 0 Å². The van der Waals surface area contributed by atoms with Gasteiger partial charge in [0, 0.05) is 44.8 Å². The summed E-state index contributed by atoms with van der Waals surface area (Å²) in [4.78, 5) is 22.0. The Kier molecular flexibility index (Phi) is 6.51. The lowest BCUT2D eigenvalue weighted by atomic mass is 10.2. The molecule has 34 heavy (non-hydrogen) atoms. The minimum absolute atomic E-state index is 0.0989. The normalized spacial score (nSPS) is 17.9. The van der Waals surface area contributed by atoms with Crippen LogP contribution in [-0.4, -0.2) is 81.0 Å². The number of hydrogen-bond acceptors (Lipinski definition) is 7. The van der Waals surface area contributed by atoms with E-state index in [0.717, 1.165) is 20.9 Å². The molecule has 2 fully saturated rings. The maximum absolute atomic E-state index is 13.0. The van der Waals surface area contributed by atoms with Crippen LogP contribution in [0.3, 0.4) is 0 Å². The third-order valence-corrected chi connectivity index (χ3v) is 9.72. The Morgan fingerprint density at radius 2 is 1.68 bits per heavy atom. The summed E-state index contributed by atoms with van der Waals surface area (Å²) < 4.78 is 33.3. The Morgan fingerprint density at radius 1 is 1.00 bits per heavy atom. The van der Waals surface area contributed by atoms with Gasteiger partial charge in [-0.25, -0.2) is 13.4 Å². The quantitative estimate of drug-likeness (QED) is 0.525. The number of sulfonamides is 1. The van der Waals surface area contributed by atoms with Crippen LogP contribution in [0, 0.1) is 6.92 Å². The topological polar surface area (TPSA) is 83.1 Å². The number of hydrogen-bond donors (Lipinski definition) is 0. The van der Waals surface area contributed by atoms with Crippen LogP contribution < -0.4 is 4.90 Å². The zero-order chi connectivity index (χ0) is 23.9. The highest BCUT2D eigenvalue weighted by atomic mass is 35.5. The summed E-state index contributed by atoms with van der Waals surface area (Å²) in [5, 5.41) is 1.62. The molecule has 0 unspecified atom stereocenters. The number of piperazine rings is 1. The van der Waals surface area contributed by atoms with E-state index in [1.165, 1.54) is 16.4 Å². The van der Waals surface area contributed by atoms with Crippen molar-refractivity contribution in [2.45, 2.75) is 11.8 Å². The van der Waals surface area contributed by atoms with Crippen LogP contribution in [-0.2, 0) is 14.8 Å². The molecule has 2 saturated heterocycles. The Labute approximate surface area is 207 Å². The van der Waals surface area contributed by atoms with Gasteiger partial charge < -0.3 is 14.5 Å². The van der Waals surface area contributed by atoms with Gasteiger partial charge in [-0.05, 0) is 42.8 Å². The first-order chi connectivity index (χ1) is 16.3. The van der Waals surface area contributed by atoms with E-state index < -0.39 is 10.0 Å². The van der Waals surface area contributed by atoms with Gasteiger partial charge in [0.2, 0.25) is 10.0 Å². The Hall–Kier alpha value is -2.24. The second-order valence-corrected chi connectivity index (χ2v) is 11.7. The SMILES string of the molecule is Cc1ccc(Cl)c2sc(N3CCN(C(=O)c4ccc(S(=O)(=O)N5CCOCC5)cc4)CC3)nc12. The number of fused-ring (bicyclic) bond motifs is 1. The fourth-order valence-electron chi connectivity index (χ4n) is 4.21. The van der Waals surface area contributed by atoms with E-state index in [4.69, 9.17) is 21.3 Å². The van der Waals surface area contributed by atoms with Crippen LogP contribution in [0.2, 0.25) is 5.02 Å². The first-order valence-electron chi connectivity index (χ1n) is 11.1. The van der Waals surface area contributed by atoms with E-state index in [1.807, 2.05) is 19.1 Å². The molecule has 2 aromatic carbocycles. The highest BCUT2D eigenvalue weighted by Crippen LogP contribution is 2.36. The second kappa shape index (κ2) is 9.43. The number of carbonyl (C=O) groups is 1. The fraction of sp³-hybridized carbons (Fsp3) is 0.391. The Bertz CT molecular complexity index is 1270. The van der Waals surface area contributed by atoms with Gasteiger partial charge in [-0.2, -0.15) is 4.31 Å². The van der Waals surface area contributed by atoms with Crippen molar-refractivity contribution in [2.24, 2.45) is 0 Å². The number of rotatable bonds is 4. The number of benzene rings is 2. The van der Waals surface area contributed by atoms with Gasteiger partial charge in [0.1, 0.15) is 0 Å². The predicted octanol–water partition coefficient (Wildman–Crippen LogP) is 3.24. The van der Waals surface area contributed by atoms with E-state index >= 15 is 0 Å². The van der Waals surface area contributed by atoms with Gasteiger partial charge >= 0.3 is 0 Å². The van der Waals surface area contributed by atoms with E-state index in [2.05, 4.69) is 4.90 Å². The summed E-state index contributed by atoms with van der Waals surface area (Å²) in [6.45, 7) is 5.97. The molecule has 0 saturated carbocycles. The van der Waals surface area contributed by atoms with E-state index in [-0.39, 0.29) is 10.8 Å². The van der Waals surface area contributed by atoms with Crippen molar-refractivity contribution < 1.29 is 17.9 Å². The molecule has 0 atom stereocenters. The van der Waals surface area contributed by atoms with Crippen LogP contribution in [0.25, 0.3) is 10.2 Å². The Balaban J connectivity index is 1.24. The predicted molar refractivity (Wildman–Crippen MR) is 134 cm³/mol. The van der Waals surface area contributed by atoms with Crippen molar-refractivity contribution >= 4 is 54.2 Å². The smallest absolute Gasteiger partial charge is 0.253 e. The number of halogens is 1. The molecule has 1 amide bonds. The molecule has 3 heterocycles. The lowest BCUT2D eigenvalue weighted by molar-refractivity contribution is 0.0730. The number of amides is 1. The van der Waals surface area contributed by atoms with E-state index in [1.54, 1.807) is 28.4 Å². The average molecular weight is 521 g/mol. The number of nitrogens with zero attached hydrogens (tertiary/aromatic N) is 4. The lowest BCUT2D eigenvalue weighted by Gasteiger charge is -2.34. The lowest BCUT2D eigenvalue weighted by Crippen LogP contribution is -2.48. The largest absolute Gasteiger partial charge is 0.379 e. The summed E-state index contributed by atoms with van der Waals surface area (Å²) in [6, 6.07) is 10.1. The zero-order valence-electron chi connectivity index (χ0n) is 18.7. The molecule has 8 nitrogen and oxygen atoms in total. The molecule has 180 valence electrons. The van der Waals surface area contributed by atoms with Gasteiger partial charge in [0.15, 0.2) is 5.13 Å². The molecular formula is C23H25ClN4O4S2. The second-order valence-electron chi connectivity index (χ2n) is 8.36. The van der Waals surface area contributed by atoms with Gasteiger partial charge in [-0.1, -0.05) is 29.0 Å². The van der Waals surface area contributed by atoms with Gasteiger partial charge in [-0.15, -0.1) is 0 Å². The van der Waals surface area contributed by atoms with Crippen molar-refractivity contribution in [3.8, 4) is 0 Å². The van der Waals surface area contributed by atoms with Crippen LogP contribution in [0.4, 0.5) is 5.13 Å². The molecule has 3 aromatic rings. The minimum atomic E-state index is -3.58. The molecule has 1 aromatic heterocycles. The van der Waals surface area contributed by atoms with Gasteiger partial charge in [-0.3, -0.25) is 4.79 Å². The van der Waals surface area contributed by atoms with Crippen LogP contribution in [0.1, 0.15) is 15.9 Å². The summed E-state index contributed by atoms with van der Waals surface area (Å²) in [5.41, 5.74) is 2.50. The zero-order valence-corrected chi connectivity index (χ0v) is 21.1. The number of aryl methyl sites for hydroxylation is 1. The molecule has 0 spiro atoms. The monoisotopic (exact) mass is 520 g/mol. The van der Waals surface area contributed by atoms with Crippen LogP contribution in [0.15, 0.2) is 41.3 Å². The third kappa shape index (κ3) is 4.40. The van der Waals surface area contributed by atoms with Gasteiger partial charge in [0.25, 0.3) is 5.91 Å². The summed E-state index contributed by atoms with van der Waals surface area (Å²) in [6.07, 6.45) is 0. The van der Waals surface area contributed by atoms with E-state index in [9.17, 15) is 13.2 Å². The molecule has 2 aliphatic heterocycles. The minimum Gasteiger partial charge on any atom is -0.379 e. The van der Waals surface area contributed by atoms with E-state index in [0.29, 0.717) is 63.1 Å². The molecular weight excluding hydrogens is 496 g/mol. The standard InChI is InChI=1S/C23H25ClN4O4S2/c1-16-2-7-19(24)21-20(16)25-23(33-21)27-10-8-26(9-11-27)22(29)17-3-5-18(6-4-17)34(30,31)28-12-14-32-15-13-28/h2-7H,8-15H2,1H3. The number of ether oxygens (including phenoxy) is 1. The van der Waals surface area contributed by atoms with Crippen molar-refractivity contribution in [1.82, 2.24) is 14.2 Å². The molecule has 0 bridgehead atoms. The third-order valence-electron chi connectivity index (χ3n) is 6.23. The summed E-state index contributed by atoms with van der Waals surface area (Å²) in [7, 11) is -3.58. The Morgan fingerprint density at radius 3 is 2.32 bits per heavy atom. The fourth-order valence-corrected chi connectivity index (χ4v) is 6.99. The molecule has 0 radical (unpaired) electrons. The molecule has 0 N–H and O–H groups in total. The first-order valence-corrected chi connectivity index (χ1v) is 13.8. The van der Waals surface area contributed by atoms with Crippen molar-refractivity contribution in [2.75, 3.05) is 57.4 Å². The molecule has 0 aliphatic carbocycles. The van der Waals surface area contributed by atoms with Crippen LogP contribution in [0.5, 0.6) is 0 Å². The summed E-state index contributed by atoms with van der Waals surface area (Å²) in [5.74, 6) is -0.0989. The van der Waals surface area contributed by atoms with Gasteiger partial charge in [0.05, 0.1) is 33.3 Å². The maximum Gasteiger partial charge on any atom is 0.253 e. The number of anilines is 1. The molecule has 11 heteroatoms. The van der Waals surface area contributed by atoms with Crippen molar-refractivity contribution in [3.05, 3.63) is 52.5 Å². The highest BCUT2D eigenvalue weighted by Gasteiger charge is 2.28. The number of morpholine rings is 1. The first kappa shape index (κ1) is 23.5. The number of aromatic nitrogens is 1. The number of carbonyl (C=O) groups excluding carboxylic acids is 1. The molecule has 5 rings (SSSR count). The highest BCUT2D eigenvalue weighted by molar-refractivity contribution is 7.89. The summed E-state index contributed by atoms with van der Waals surface area (Å²) >= 11 is 7.93.